The topological polar surface area (TPSA) is 114 Å². The molecule has 2 aliphatic rings. The van der Waals surface area contributed by atoms with Crippen LogP contribution in [0.2, 0.25) is 0 Å². The van der Waals surface area contributed by atoms with E-state index < -0.39 is 5.91 Å². The lowest BCUT2D eigenvalue weighted by Gasteiger charge is -2.38. The van der Waals surface area contributed by atoms with Crippen molar-refractivity contribution in [3.8, 4) is 11.5 Å². The fourth-order valence-electron chi connectivity index (χ4n) is 4.32. The van der Waals surface area contributed by atoms with Crippen molar-refractivity contribution in [3.05, 3.63) is 58.7 Å². The highest BCUT2D eigenvalue weighted by Gasteiger charge is 2.44. The van der Waals surface area contributed by atoms with E-state index >= 15 is 0 Å². The second kappa shape index (κ2) is 8.56. The first-order valence-electron chi connectivity index (χ1n) is 10.5. The van der Waals surface area contributed by atoms with Crippen LogP contribution < -0.4 is 16.0 Å². The summed E-state index contributed by atoms with van der Waals surface area (Å²) in [4.78, 5) is 31.9. The largest absolute Gasteiger partial charge is 0.507 e. The van der Waals surface area contributed by atoms with Crippen LogP contribution in [0.1, 0.15) is 51.6 Å². The van der Waals surface area contributed by atoms with Gasteiger partial charge in [0.1, 0.15) is 11.5 Å². The Morgan fingerprint density at radius 1 is 1.23 bits per heavy atom. The number of hydrogen-bond acceptors (Lipinski definition) is 6. The molecule has 0 radical (unpaired) electrons. The molecule has 8 nitrogen and oxygen atoms in total. The lowest BCUT2D eigenvalue weighted by Crippen LogP contribution is -2.46. The summed E-state index contributed by atoms with van der Waals surface area (Å²) in [6.45, 7) is 4.27. The number of piperidine rings is 1. The van der Waals surface area contributed by atoms with Gasteiger partial charge in [-0.3, -0.25) is 14.4 Å². The van der Waals surface area contributed by atoms with Crippen molar-refractivity contribution in [1.82, 2.24) is 10.4 Å². The molecule has 0 aromatic heterocycles. The van der Waals surface area contributed by atoms with Crippen LogP contribution in [0, 0.1) is 0 Å². The number of hydrogen-bond donors (Lipinski definition) is 3. The van der Waals surface area contributed by atoms with Crippen LogP contribution in [-0.4, -0.2) is 48.1 Å². The summed E-state index contributed by atoms with van der Waals surface area (Å²) in [5, 5.41) is 10.0. The molecular weight excluding hydrogens is 398 g/mol. The molecule has 0 saturated carbocycles. The second-order valence-electron chi connectivity index (χ2n) is 7.99. The Morgan fingerprint density at radius 2 is 2.00 bits per heavy atom. The summed E-state index contributed by atoms with van der Waals surface area (Å²) in [7, 11) is 0. The first kappa shape index (κ1) is 21.1. The number of nitrogens with one attached hydrogen (secondary N) is 1. The number of rotatable bonds is 5. The minimum Gasteiger partial charge on any atom is -0.507 e. The molecule has 1 fully saturated rings. The summed E-state index contributed by atoms with van der Waals surface area (Å²) in [6.07, 6.45) is 1.57. The first-order chi connectivity index (χ1) is 15.0. The third kappa shape index (κ3) is 3.96. The average molecular weight is 425 g/mol. The molecule has 164 valence electrons. The van der Waals surface area contributed by atoms with Crippen molar-refractivity contribution in [2.45, 2.75) is 31.7 Å². The number of hydroxylamine groups is 1. The minimum atomic E-state index is -0.595. The first-order valence-corrected chi connectivity index (χ1v) is 10.5. The molecule has 2 aromatic carbocycles. The average Bonchev–Trinajstić information content (AvgIpc) is 3.15. The van der Waals surface area contributed by atoms with Gasteiger partial charge in [0.25, 0.3) is 11.8 Å². The highest BCUT2D eigenvalue weighted by atomic mass is 16.6. The number of phenols is 1. The number of carbonyl (C=O) groups excluding carboxylic acids is 2. The minimum absolute atomic E-state index is 0.000198. The number of amides is 2. The Kier molecular flexibility index (Phi) is 5.84. The predicted molar refractivity (Wildman–Crippen MR) is 114 cm³/mol. The highest BCUT2D eigenvalue weighted by molar-refractivity contribution is 6.01. The molecule has 4 N–H and O–H groups in total. The zero-order chi connectivity index (χ0) is 22.0. The molecule has 0 atom stereocenters. The zero-order valence-corrected chi connectivity index (χ0v) is 17.5. The van der Waals surface area contributed by atoms with E-state index in [-0.39, 0.29) is 22.6 Å². The van der Waals surface area contributed by atoms with Gasteiger partial charge in [-0.05, 0) is 49.6 Å². The van der Waals surface area contributed by atoms with Crippen molar-refractivity contribution in [1.29, 1.82) is 0 Å². The predicted octanol–water partition coefficient (Wildman–Crippen LogP) is 2.10. The molecule has 4 rings (SSSR count). The molecule has 0 bridgehead atoms. The smallest absolute Gasteiger partial charge is 0.278 e. The summed E-state index contributed by atoms with van der Waals surface area (Å²) in [5.74, 6) is -0.0700. The van der Waals surface area contributed by atoms with E-state index in [9.17, 15) is 14.7 Å². The van der Waals surface area contributed by atoms with Gasteiger partial charge < -0.3 is 20.5 Å². The fraction of sp³-hybridized carbons (Fsp3) is 0.391. The molecule has 2 aliphatic heterocycles. The van der Waals surface area contributed by atoms with E-state index in [1.165, 1.54) is 23.8 Å². The van der Waals surface area contributed by atoms with E-state index in [0.717, 1.165) is 24.2 Å². The summed E-state index contributed by atoms with van der Waals surface area (Å²) in [6, 6.07) is 10.4. The third-order valence-electron chi connectivity index (χ3n) is 6.16. The normalized spacial score (nSPS) is 16.6. The molecule has 1 spiro atoms. The van der Waals surface area contributed by atoms with Crippen molar-refractivity contribution in [2.24, 2.45) is 5.73 Å². The van der Waals surface area contributed by atoms with Crippen molar-refractivity contribution < 1.29 is 24.3 Å². The molecule has 2 aromatic rings. The third-order valence-corrected chi connectivity index (χ3v) is 6.16. The maximum atomic E-state index is 13.1. The van der Waals surface area contributed by atoms with E-state index in [2.05, 4.69) is 11.5 Å². The van der Waals surface area contributed by atoms with E-state index in [1.54, 1.807) is 11.8 Å². The lowest BCUT2D eigenvalue weighted by atomic mass is 9.74. The zero-order valence-electron chi connectivity index (χ0n) is 17.5. The van der Waals surface area contributed by atoms with Crippen LogP contribution in [-0.2, 0) is 16.8 Å². The van der Waals surface area contributed by atoms with Crippen molar-refractivity contribution in [2.75, 3.05) is 26.3 Å². The Hall–Kier alpha value is -3.10. The molecule has 0 aliphatic carbocycles. The number of fused-ring (bicyclic) bond motifs is 2. The van der Waals surface area contributed by atoms with Gasteiger partial charge in [-0.15, -0.1) is 0 Å². The van der Waals surface area contributed by atoms with Crippen LogP contribution in [0.4, 0.5) is 0 Å². The van der Waals surface area contributed by atoms with Crippen LogP contribution in [0.25, 0.3) is 0 Å². The van der Waals surface area contributed by atoms with Crippen molar-refractivity contribution in [3.63, 3.8) is 0 Å². The van der Waals surface area contributed by atoms with Gasteiger partial charge in [-0.25, -0.2) is 5.48 Å². The van der Waals surface area contributed by atoms with Crippen LogP contribution >= 0.6 is 0 Å². The Bertz CT molecular complexity index is 999. The molecule has 2 heterocycles. The van der Waals surface area contributed by atoms with Gasteiger partial charge in [0.2, 0.25) is 0 Å². The van der Waals surface area contributed by atoms with Crippen molar-refractivity contribution >= 4 is 11.8 Å². The van der Waals surface area contributed by atoms with Gasteiger partial charge in [0.15, 0.2) is 0 Å². The molecule has 0 unspecified atom stereocenters. The number of phenolic OH excluding ortho intramolecular Hbond substituents is 1. The van der Waals surface area contributed by atoms with E-state index in [1.807, 2.05) is 12.1 Å². The standard InChI is InChI=1S/C23H27N3O5/c1-2-31-25-21(28)17-12-16(4-5-19(17)27)22(29)26-9-7-23(8-10-26)14-30-20-6-3-15(13-24)11-18(20)23/h3-6,11-12,27H,2,7-10,13-14,24H2,1H3,(H,25,28). The lowest BCUT2D eigenvalue weighted by molar-refractivity contribution is 0.0362. The molecule has 2 amide bonds. The van der Waals surface area contributed by atoms with Crippen LogP contribution in [0.5, 0.6) is 11.5 Å². The van der Waals surface area contributed by atoms with Gasteiger partial charge in [-0.2, -0.15) is 0 Å². The quantitative estimate of drug-likeness (QED) is 0.632. The highest BCUT2D eigenvalue weighted by Crippen LogP contribution is 2.46. The molecule has 8 heteroatoms. The summed E-state index contributed by atoms with van der Waals surface area (Å²) in [5.41, 5.74) is 10.6. The summed E-state index contributed by atoms with van der Waals surface area (Å²) < 4.78 is 5.93. The van der Waals surface area contributed by atoms with E-state index in [4.69, 9.17) is 15.3 Å². The maximum Gasteiger partial charge on any atom is 0.278 e. The molecular formula is C23H27N3O5. The van der Waals surface area contributed by atoms with Gasteiger partial charge in [0, 0.05) is 36.2 Å². The number of nitrogens with two attached hydrogens (primary N) is 1. The molecule has 31 heavy (non-hydrogen) atoms. The number of likely N-dealkylation sites (tertiary alicyclic amines) is 1. The number of carbonyl (C=O) groups is 2. The maximum absolute atomic E-state index is 13.1. The fourth-order valence-corrected chi connectivity index (χ4v) is 4.32. The molecule has 1 saturated heterocycles. The number of aromatic hydroxyl groups is 1. The van der Waals surface area contributed by atoms with Gasteiger partial charge in [-0.1, -0.05) is 12.1 Å². The summed E-state index contributed by atoms with van der Waals surface area (Å²) >= 11 is 0. The monoisotopic (exact) mass is 425 g/mol. The number of ether oxygens (including phenoxy) is 1. The van der Waals surface area contributed by atoms with Gasteiger partial charge in [0.05, 0.1) is 18.8 Å². The Morgan fingerprint density at radius 3 is 2.71 bits per heavy atom. The number of benzene rings is 2. The van der Waals surface area contributed by atoms with Crippen LogP contribution in [0.15, 0.2) is 36.4 Å². The van der Waals surface area contributed by atoms with Gasteiger partial charge >= 0.3 is 0 Å². The Balaban J connectivity index is 1.48. The van der Waals surface area contributed by atoms with Crippen LogP contribution in [0.3, 0.4) is 0 Å². The SMILES string of the molecule is CCONC(=O)c1cc(C(=O)N2CCC3(CC2)COc2ccc(CN)cc23)ccc1O. The van der Waals surface area contributed by atoms with E-state index in [0.29, 0.717) is 38.4 Å². The second-order valence-corrected chi connectivity index (χ2v) is 7.99. The number of nitrogens with zero attached hydrogens (tertiary/aromatic N) is 1. The Labute approximate surface area is 180 Å².